The average Bonchev–Trinajstić information content (AvgIpc) is 2.30. The van der Waals surface area contributed by atoms with Gasteiger partial charge in [0.2, 0.25) is 0 Å². The quantitative estimate of drug-likeness (QED) is 0.234. The molecule has 1 aromatic rings. The van der Waals surface area contributed by atoms with Crippen LogP contribution in [0, 0.1) is 0 Å². The van der Waals surface area contributed by atoms with Gasteiger partial charge < -0.3 is 0 Å². The maximum absolute atomic E-state index is 8.11. The third kappa shape index (κ3) is 4.91. The van der Waals surface area contributed by atoms with Crippen molar-refractivity contribution in [3.05, 3.63) is 46.3 Å². The van der Waals surface area contributed by atoms with Gasteiger partial charge in [0.05, 0.1) is 0 Å². The van der Waals surface area contributed by atoms with Crippen LogP contribution in [-0.4, -0.2) is 12.3 Å². The van der Waals surface area contributed by atoms with Crippen molar-refractivity contribution >= 4 is 17.8 Å². The van der Waals surface area contributed by atoms with E-state index in [9.17, 15) is 0 Å². The Balaban J connectivity index is 2.52. The summed E-state index contributed by atoms with van der Waals surface area (Å²) in [6.07, 6.45) is 4.88. The Kier molecular flexibility index (Phi) is 6.23. The first-order valence-corrected chi connectivity index (χ1v) is 6.25. The molecule has 3 nitrogen and oxygen atoms in total. The summed E-state index contributed by atoms with van der Waals surface area (Å²) in [7, 11) is 0. The van der Waals surface area contributed by atoms with Crippen LogP contribution in [0.1, 0.15) is 18.9 Å². The molecule has 4 heteroatoms. The number of nitrogens with zero attached hydrogens (tertiary/aromatic N) is 3. The first kappa shape index (κ1) is 12.7. The predicted octanol–water partition coefficient (Wildman–Crippen LogP) is 4.51. The van der Waals surface area contributed by atoms with Crippen LogP contribution in [0.15, 0.2) is 40.4 Å². The smallest absolute Gasteiger partial charge is 0.0292 e. The van der Waals surface area contributed by atoms with E-state index in [0.29, 0.717) is 6.54 Å². The molecule has 0 fully saturated rings. The van der Waals surface area contributed by atoms with Gasteiger partial charge in [-0.2, -0.15) is 0 Å². The lowest BCUT2D eigenvalue weighted by molar-refractivity contribution is 0.995. The minimum atomic E-state index is 0.524. The van der Waals surface area contributed by atoms with E-state index >= 15 is 0 Å². The summed E-state index contributed by atoms with van der Waals surface area (Å²) in [5.74, 6) is 1.09. The SMILES string of the molecule is CCSc1cccc(C=CCCN=[N+]=[N-])c1. The predicted molar refractivity (Wildman–Crippen MR) is 70.5 cm³/mol. The summed E-state index contributed by atoms with van der Waals surface area (Å²) in [6.45, 7) is 2.67. The van der Waals surface area contributed by atoms with E-state index < -0.39 is 0 Å². The van der Waals surface area contributed by atoms with E-state index in [1.54, 1.807) is 0 Å². The summed E-state index contributed by atoms with van der Waals surface area (Å²) in [6, 6.07) is 8.42. The van der Waals surface area contributed by atoms with Crippen LogP contribution in [-0.2, 0) is 0 Å². The molecule has 0 bridgehead atoms. The van der Waals surface area contributed by atoms with Gasteiger partial charge in [-0.25, -0.2) is 0 Å². The van der Waals surface area contributed by atoms with Crippen LogP contribution in [0.3, 0.4) is 0 Å². The van der Waals surface area contributed by atoms with Gasteiger partial charge in [-0.1, -0.05) is 36.3 Å². The highest BCUT2D eigenvalue weighted by atomic mass is 32.2. The summed E-state index contributed by atoms with van der Waals surface area (Å²) >= 11 is 1.84. The lowest BCUT2D eigenvalue weighted by Crippen LogP contribution is -1.77. The fourth-order valence-electron chi connectivity index (χ4n) is 1.27. The highest BCUT2D eigenvalue weighted by Gasteiger charge is 1.92. The van der Waals surface area contributed by atoms with E-state index in [1.165, 1.54) is 10.5 Å². The highest BCUT2D eigenvalue weighted by molar-refractivity contribution is 7.99. The molecule has 0 aliphatic carbocycles. The molecule has 16 heavy (non-hydrogen) atoms. The summed E-state index contributed by atoms with van der Waals surface area (Å²) in [4.78, 5) is 4.00. The second-order valence-corrected chi connectivity index (χ2v) is 4.49. The van der Waals surface area contributed by atoms with Crippen molar-refractivity contribution in [3.8, 4) is 0 Å². The molecule has 0 heterocycles. The number of benzene rings is 1. The van der Waals surface area contributed by atoms with Gasteiger partial charge in [-0.3, -0.25) is 0 Å². The van der Waals surface area contributed by atoms with Crippen molar-refractivity contribution in [2.75, 3.05) is 12.3 Å². The van der Waals surface area contributed by atoms with Gasteiger partial charge in [0.15, 0.2) is 0 Å². The Labute approximate surface area is 100 Å². The van der Waals surface area contributed by atoms with Gasteiger partial charge in [-0.15, -0.1) is 11.8 Å². The first-order valence-electron chi connectivity index (χ1n) is 5.27. The Bertz CT molecular complexity index is 395. The van der Waals surface area contributed by atoms with E-state index in [0.717, 1.165) is 12.2 Å². The summed E-state index contributed by atoms with van der Waals surface area (Å²) in [5, 5.41) is 3.48. The molecule has 0 aliphatic rings. The third-order valence-corrected chi connectivity index (χ3v) is 2.81. The van der Waals surface area contributed by atoms with E-state index in [-0.39, 0.29) is 0 Å². The minimum absolute atomic E-state index is 0.524. The van der Waals surface area contributed by atoms with Crippen LogP contribution in [0.25, 0.3) is 16.5 Å². The highest BCUT2D eigenvalue weighted by Crippen LogP contribution is 2.19. The fraction of sp³-hybridized carbons (Fsp3) is 0.333. The molecular formula is C12H15N3S. The van der Waals surface area contributed by atoms with Gasteiger partial charge in [0, 0.05) is 16.4 Å². The maximum atomic E-state index is 8.11. The molecule has 0 unspecified atom stereocenters. The first-order chi connectivity index (χ1) is 7.86. The zero-order chi connectivity index (χ0) is 11.6. The Morgan fingerprint density at radius 3 is 3.12 bits per heavy atom. The molecule has 0 saturated heterocycles. The molecule has 0 amide bonds. The summed E-state index contributed by atoms with van der Waals surface area (Å²) in [5.41, 5.74) is 9.30. The van der Waals surface area contributed by atoms with E-state index in [2.05, 4.69) is 47.3 Å². The lowest BCUT2D eigenvalue weighted by atomic mass is 10.2. The summed E-state index contributed by atoms with van der Waals surface area (Å²) < 4.78 is 0. The van der Waals surface area contributed by atoms with Crippen LogP contribution in [0.2, 0.25) is 0 Å². The Morgan fingerprint density at radius 1 is 1.50 bits per heavy atom. The number of azide groups is 1. The number of hydrogen-bond acceptors (Lipinski definition) is 2. The van der Waals surface area contributed by atoms with E-state index in [1.807, 2.05) is 17.8 Å². The molecule has 0 aromatic heterocycles. The third-order valence-electron chi connectivity index (χ3n) is 1.94. The normalized spacial score (nSPS) is 10.3. The van der Waals surface area contributed by atoms with Crippen molar-refractivity contribution in [3.63, 3.8) is 0 Å². The second kappa shape index (κ2) is 7.85. The van der Waals surface area contributed by atoms with E-state index in [4.69, 9.17) is 5.53 Å². The zero-order valence-electron chi connectivity index (χ0n) is 9.34. The lowest BCUT2D eigenvalue weighted by Gasteiger charge is -1.99. The molecule has 1 rings (SSSR count). The molecule has 0 radical (unpaired) electrons. The molecular weight excluding hydrogens is 218 g/mol. The van der Waals surface area contributed by atoms with Gasteiger partial charge in [0.25, 0.3) is 0 Å². The monoisotopic (exact) mass is 233 g/mol. The maximum Gasteiger partial charge on any atom is 0.0292 e. The number of rotatable bonds is 6. The second-order valence-electron chi connectivity index (χ2n) is 3.15. The molecule has 0 aliphatic heterocycles. The molecule has 0 N–H and O–H groups in total. The van der Waals surface area contributed by atoms with Gasteiger partial charge >= 0.3 is 0 Å². The van der Waals surface area contributed by atoms with Gasteiger partial charge in [-0.05, 0) is 35.4 Å². The van der Waals surface area contributed by atoms with Crippen LogP contribution >= 0.6 is 11.8 Å². The van der Waals surface area contributed by atoms with Crippen molar-refractivity contribution in [1.82, 2.24) is 0 Å². The Hall–Kier alpha value is -1.38. The van der Waals surface area contributed by atoms with Crippen molar-refractivity contribution in [2.24, 2.45) is 5.11 Å². The molecule has 0 spiro atoms. The zero-order valence-corrected chi connectivity index (χ0v) is 10.2. The standard InChI is InChI=1S/C12H15N3S/c1-2-16-12-8-5-7-11(10-12)6-3-4-9-14-15-13/h3,5-8,10H,2,4,9H2,1H3. The molecule has 0 atom stereocenters. The number of thioether (sulfide) groups is 1. The molecule has 0 saturated carbocycles. The Morgan fingerprint density at radius 2 is 2.38 bits per heavy atom. The van der Waals surface area contributed by atoms with Crippen LogP contribution in [0.5, 0.6) is 0 Å². The minimum Gasteiger partial charge on any atom is -0.126 e. The van der Waals surface area contributed by atoms with Crippen molar-refractivity contribution in [1.29, 1.82) is 0 Å². The van der Waals surface area contributed by atoms with Crippen molar-refractivity contribution < 1.29 is 0 Å². The van der Waals surface area contributed by atoms with Crippen LogP contribution in [0.4, 0.5) is 0 Å². The van der Waals surface area contributed by atoms with Crippen LogP contribution < -0.4 is 0 Å². The number of hydrogen-bond donors (Lipinski definition) is 0. The fourth-order valence-corrected chi connectivity index (χ4v) is 2.00. The largest absolute Gasteiger partial charge is 0.126 e. The molecule has 84 valence electrons. The molecule has 1 aromatic carbocycles. The van der Waals surface area contributed by atoms with Gasteiger partial charge in [0.1, 0.15) is 0 Å². The average molecular weight is 233 g/mol. The topological polar surface area (TPSA) is 48.8 Å². The van der Waals surface area contributed by atoms with Crippen molar-refractivity contribution in [2.45, 2.75) is 18.2 Å².